The number of benzene rings is 1. The van der Waals surface area contributed by atoms with E-state index in [4.69, 9.17) is 27.7 Å². The van der Waals surface area contributed by atoms with Crippen LogP contribution in [0.25, 0.3) is 0 Å². The molecule has 96 valence electrons. The van der Waals surface area contributed by atoms with E-state index < -0.39 is 0 Å². The maximum atomic E-state index is 5.95. The molecular formula is C12H13Cl2N3O. The second-order valence-corrected chi connectivity index (χ2v) is 4.70. The van der Waals surface area contributed by atoms with Crippen LogP contribution in [0.4, 0.5) is 0 Å². The van der Waals surface area contributed by atoms with E-state index in [9.17, 15) is 0 Å². The Morgan fingerprint density at radius 3 is 2.83 bits per heavy atom. The van der Waals surface area contributed by atoms with Gasteiger partial charge in [0.2, 0.25) is 5.89 Å². The van der Waals surface area contributed by atoms with Crippen LogP contribution < -0.4 is 5.32 Å². The van der Waals surface area contributed by atoms with Crippen molar-refractivity contribution in [1.29, 1.82) is 0 Å². The smallest absolute Gasteiger partial charge is 0.231 e. The molecule has 0 aliphatic rings. The van der Waals surface area contributed by atoms with Crippen molar-refractivity contribution in [2.75, 3.05) is 13.6 Å². The van der Waals surface area contributed by atoms with Gasteiger partial charge in [0.25, 0.3) is 0 Å². The molecule has 1 heterocycles. The number of aromatic nitrogens is 2. The minimum atomic E-state index is 0.532. The molecule has 0 aliphatic heterocycles. The highest BCUT2D eigenvalue weighted by Crippen LogP contribution is 2.23. The molecule has 0 unspecified atom stereocenters. The minimum Gasteiger partial charge on any atom is -0.339 e. The summed E-state index contributed by atoms with van der Waals surface area (Å²) in [6.45, 7) is 0.825. The number of halogens is 2. The summed E-state index contributed by atoms with van der Waals surface area (Å²) in [4.78, 5) is 4.30. The number of nitrogens with zero attached hydrogens (tertiary/aromatic N) is 2. The normalized spacial score (nSPS) is 10.8. The topological polar surface area (TPSA) is 51.0 Å². The van der Waals surface area contributed by atoms with Crippen molar-refractivity contribution in [2.45, 2.75) is 12.8 Å². The van der Waals surface area contributed by atoms with Crippen molar-refractivity contribution >= 4 is 23.2 Å². The van der Waals surface area contributed by atoms with Gasteiger partial charge < -0.3 is 9.84 Å². The molecule has 1 aromatic heterocycles. The maximum Gasteiger partial charge on any atom is 0.231 e. The van der Waals surface area contributed by atoms with E-state index in [0.29, 0.717) is 28.2 Å². The largest absolute Gasteiger partial charge is 0.339 e. The third kappa shape index (κ3) is 3.45. The van der Waals surface area contributed by atoms with E-state index in [1.54, 1.807) is 12.1 Å². The van der Waals surface area contributed by atoms with Gasteiger partial charge in [-0.15, -0.1) is 0 Å². The van der Waals surface area contributed by atoms with Crippen LogP contribution in [0.5, 0.6) is 0 Å². The molecule has 0 fully saturated rings. The Hall–Kier alpha value is -1.10. The Kier molecular flexibility index (Phi) is 4.58. The lowest BCUT2D eigenvalue weighted by Crippen LogP contribution is -2.11. The van der Waals surface area contributed by atoms with Gasteiger partial charge >= 0.3 is 0 Å². The van der Waals surface area contributed by atoms with Gasteiger partial charge in [-0.25, -0.2) is 0 Å². The van der Waals surface area contributed by atoms with E-state index in [1.165, 1.54) is 0 Å². The molecule has 0 atom stereocenters. The summed E-state index contributed by atoms with van der Waals surface area (Å²) < 4.78 is 5.17. The average Bonchev–Trinajstić information content (AvgIpc) is 2.79. The fraction of sp³-hybridized carbons (Fsp3) is 0.333. The van der Waals surface area contributed by atoms with Crippen molar-refractivity contribution in [3.8, 4) is 0 Å². The van der Waals surface area contributed by atoms with Crippen LogP contribution in [0.3, 0.4) is 0 Å². The average molecular weight is 286 g/mol. The van der Waals surface area contributed by atoms with Crippen molar-refractivity contribution in [1.82, 2.24) is 15.5 Å². The van der Waals surface area contributed by atoms with Gasteiger partial charge in [0.1, 0.15) is 0 Å². The molecule has 0 amide bonds. The molecular weight excluding hydrogens is 273 g/mol. The molecule has 0 bridgehead atoms. The lowest BCUT2D eigenvalue weighted by atomic mass is 10.1. The molecule has 18 heavy (non-hydrogen) atoms. The first-order valence-corrected chi connectivity index (χ1v) is 6.34. The lowest BCUT2D eigenvalue weighted by molar-refractivity contribution is 0.379. The number of likely N-dealkylation sites (N-methyl/N-ethyl adjacent to an activating group) is 1. The number of hydrogen-bond acceptors (Lipinski definition) is 4. The van der Waals surface area contributed by atoms with Crippen LogP contribution in [-0.4, -0.2) is 23.7 Å². The molecule has 0 aliphatic carbocycles. The van der Waals surface area contributed by atoms with Crippen LogP contribution in [0.2, 0.25) is 10.0 Å². The predicted octanol–water partition coefficient (Wildman–Crippen LogP) is 2.73. The summed E-state index contributed by atoms with van der Waals surface area (Å²) in [7, 11) is 1.89. The van der Waals surface area contributed by atoms with Crippen molar-refractivity contribution in [2.24, 2.45) is 0 Å². The van der Waals surface area contributed by atoms with Gasteiger partial charge in [-0.1, -0.05) is 34.4 Å². The van der Waals surface area contributed by atoms with Gasteiger partial charge in [0, 0.05) is 13.0 Å². The zero-order valence-electron chi connectivity index (χ0n) is 9.91. The molecule has 2 rings (SSSR count). The molecule has 4 nitrogen and oxygen atoms in total. The monoisotopic (exact) mass is 285 g/mol. The molecule has 1 N–H and O–H groups in total. The number of nitrogens with one attached hydrogen (secondary N) is 1. The van der Waals surface area contributed by atoms with Crippen molar-refractivity contribution in [3.05, 3.63) is 45.5 Å². The van der Waals surface area contributed by atoms with Gasteiger partial charge in [-0.3, -0.25) is 0 Å². The molecule has 0 radical (unpaired) electrons. The van der Waals surface area contributed by atoms with Gasteiger partial charge in [0.05, 0.1) is 16.5 Å². The molecule has 2 aromatic rings. The van der Waals surface area contributed by atoms with Crippen LogP contribution >= 0.6 is 23.2 Å². The zero-order valence-corrected chi connectivity index (χ0v) is 11.4. The van der Waals surface area contributed by atoms with Crippen LogP contribution in [-0.2, 0) is 12.8 Å². The van der Waals surface area contributed by atoms with Crippen molar-refractivity contribution in [3.63, 3.8) is 0 Å². The van der Waals surface area contributed by atoms with Gasteiger partial charge in [-0.2, -0.15) is 4.98 Å². The second kappa shape index (κ2) is 6.18. The number of rotatable bonds is 5. The maximum absolute atomic E-state index is 5.95. The summed E-state index contributed by atoms with van der Waals surface area (Å²) >= 11 is 11.8. The molecule has 1 aromatic carbocycles. The predicted molar refractivity (Wildman–Crippen MR) is 71.2 cm³/mol. The summed E-state index contributed by atoms with van der Waals surface area (Å²) in [5, 5.41) is 8.01. The first-order chi connectivity index (χ1) is 8.69. The van der Waals surface area contributed by atoms with E-state index in [0.717, 1.165) is 18.5 Å². The summed E-state index contributed by atoms with van der Waals surface area (Å²) in [6, 6.07) is 5.46. The zero-order chi connectivity index (χ0) is 13.0. The van der Waals surface area contributed by atoms with E-state index >= 15 is 0 Å². The molecule has 0 saturated carbocycles. The Labute approximate surface area is 115 Å². The van der Waals surface area contributed by atoms with Gasteiger partial charge in [0.15, 0.2) is 5.82 Å². The van der Waals surface area contributed by atoms with Crippen LogP contribution in [0, 0.1) is 0 Å². The second-order valence-electron chi connectivity index (χ2n) is 3.88. The first kappa shape index (κ1) is 13.3. The fourth-order valence-corrected chi connectivity index (χ4v) is 1.85. The van der Waals surface area contributed by atoms with Crippen LogP contribution in [0.1, 0.15) is 17.3 Å². The Morgan fingerprint density at radius 2 is 2.11 bits per heavy atom. The third-order valence-corrected chi connectivity index (χ3v) is 3.19. The molecule has 6 heteroatoms. The molecule has 0 spiro atoms. The molecule has 0 saturated heterocycles. The highest BCUT2D eigenvalue weighted by molar-refractivity contribution is 6.42. The summed E-state index contributed by atoms with van der Waals surface area (Å²) in [5.74, 6) is 1.29. The first-order valence-electron chi connectivity index (χ1n) is 5.59. The standard InChI is InChI=1S/C12H13Cl2N3O/c1-15-5-4-11-16-12(18-17-11)7-8-2-3-9(13)10(14)6-8/h2-3,6,15H,4-5,7H2,1H3. The quantitative estimate of drug-likeness (QED) is 0.918. The number of hydrogen-bond donors (Lipinski definition) is 1. The van der Waals surface area contributed by atoms with Crippen LogP contribution in [0.15, 0.2) is 22.7 Å². The summed E-state index contributed by atoms with van der Waals surface area (Å²) in [5.41, 5.74) is 0.994. The van der Waals surface area contributed by atoms with E-state index in [1.807, 2.05) is 13.1 Å². The Bertz CT molecular complexity index is 528. The fourth-order valence-electron chi connectivity index (χ4n) is 1.52. The summed E-state index contributed by atoms with van der Waals surface area (Å²) in [6.07, 6.45) is 1.31. The lowest BCUT2D eigenvalue weighted by Gasteiger charge is -1.99. The SMILES string of the molecule is CNCCc1noc(Cc2ccc(Cl)c(Cl)c2)n1. The van der Waals surface area contributed by atoms with Gasteiger partial charge in [-0.05, 0) is 24.7 Å². The Morgan fingerprint density at radius 1 is 1.28 bits per heavy atom. The van der Waals surface area contributed by atoms with Crippen molar-refractivity contribution < 1.29 is 4.52 Å². The highest BCUT2D eigenvalue weighted by atomic mass is 35.5. The third-order valence-electron chi connectivity index (χ3n) is 2.45. The highest BCUT2D eigenvalue weighted by Gasteiger charge is 2.08. The Balaban J connectivity index is 2.04. The minimum absolute atomic E-state index is 0.532. The van der Waals surface area contributed by atoms with E-state index in [2.05, 4.69) is 15.5 Å². The van der Waals surface area contributed by atoms with E-state index in [-0.39, 0.29) is 0 Å².